The summed E-state index contributed by atoms with van der Waals surface area (Å²) in [5.41, 5.74) is 3.99. The monoisotopic (exact) mass is 439 g/mol. The molecule has 8 nitrogen and oxygen atoms in total. The Morgan fingerprint density at radius 1 is 0.909 bits per heavy atom. The third-order valence-electron chi connectivity index (χ3n) is 6.05. The number of imidazole rings is 1. The summed E-state index contributed by atoms with van der Waals surface area (Å²) in [6.45, 7) is 5.00. The Morgan fingerprint density at radius 3 is 2.64 bits per heavy atom. The van der Waals surface area contributed by atoms with Crippen molar-refractivity contribution in [3.05, 3.63) is 60.6 Å². The first kappa shape index (κ1) is 19.9. The van der Waals surface area contributed by atoms with Gasteiger partial charge in [0.2, 0.25) is 11.9 Å². The summed E-state index contributed by atoms with van der Waals surface area (Å²) >= 11 is 0. The van der Waals surface area contributed by atoms with Gasteiger partial charge in [-0.3, -0.25) is 4.57 Å². The van der Waals surface area contributed by atoms with E-state index in [2.05, 4.69) is 45.6 Å². The van der Waals surface area contributed by atoms with Gasteiger partial charge in [-0.25, -0.2) is 4.98 Å². The third kappa shape index (κ3) is 3.52. The van der Waals surface area contributed by atoms with Crippen LogP contribution in [0.2, 0.25) is 0 Å². The van der Waals surface area contributed by atoms with Crippen LogP contribution < -0.4 is 4.90 Å². The van der Waals surface area contributed by atoms with Gasteiger partial charge in [0.15, 0.2) is 5.82 Å². The second-order valence-corrected chi connectivity index (χ2v) is 8.21. The smallest absolute Gasteiger partial charge is 0.241 e. The molecule has 0 radical (unpaired) electrons. The van der Waals surface area contributed by atoms with Gasteiger partial charge in [-0.2, -0.15) is 15.0 Å². The van der Waals surface area contributed by atoms with Crippen LogP contribution in [-0.4, -0.2) is 55.8 Å². The predicted octanol–water partition coefficient (Wildman–Crippen LogP) is 4.15. The zero-order chi connectivity index (χ0) is 22.2. The van der Waals surface area contributed by atoms with Crippen molar-refractivity contribution in [1.82, 2.24) is 29.5 Å². The minimum Gasteiger partial charge on any atom is -0.378 e. The van der Waals surface area contributed by atoms with Crippen molar-refractivity contribution in [2.24, 2.45) is 0 Å². The molecule has 0 aliphatic carbocycles. The SMILES string of the molecule is CCCc1nc2ccccc2n1-c1nc(-c2cccc3[nH]ccc23)nc(N2CCOCC2)n1. The van der Waals surface area contributed by atoms with Crippen LogP contribution >= 0.6 is 0 Å². The molecule has 33 heavy (non-hydrogen) atoms. The number of para-hydroxylation sites is 2. The molecule has 166 valence electrons. The number of benzene rings is 2. The van der Waals surface area contributed by atoms with E-state index in [0.717, 1.165) is 59.3 Å². The second-order valence-electron chi connectivity index (χ2n) is 8.21. The van der Waals surface area contributed by atoms with Crippen LogP contribution in [0.5, 0.6) is 0 Å². The molecule has 8 heteroatoms. The maximum Gasteiger partial charge on any atom is 0.241 e. The normalized spacial score (nSPS) is 14.4. The lowest BCUT2D eigenvalue weighted by molar-refractivity contribution is 0.122. The Hall–Kier alpha value is -3.78. The summed E-state index contributed by atoms with van der Waals surface area (Å²) in [6.07, 6.45) is 3.78. The van der Waals surface area contributed by atoms with Gasteiger partial charge in [0.25, 0.3) is 0 Å². The summed E-state index contributed by atoms with van der Waals surface area (Å²) in [4.78, 5) is 25.2. The number of aromatic nitrogens is 6. The van der Waals surface area contributed by atoms with Crippen molar-refractivity contribution < 1.29 is 4.74 Å². The van der Waals surface area contributed by atoms with Gasteiger partial charge in [-0.15, -0.1) is 0 Å². The van der Waals surface area contributed by atoms with Crippen LogP contribution in [0.4, 0.5) is 5.95 Å². The molecule has 1 aliphatic heterocycles. The highest BCUT2D eigenvalue weighted by atomic mass is 16.5. The van der Waals surface area contributed by atoms with Crippen LogP contribution in [0.3, 0.4) is 0 Å². The van der Waals surface area contributed by atoms with Gasteiger partial charge < -0.3 is 14.6 Å². The predicted molar refractivity (Wildman–Crippen MR) is 129 cm³/mol. The highest BCUT2D eigenvalue weighted by Crippen LogP contribution is 2.29. The molecule has 5 aromatic rings. The zero-order valence-electron chi connectivity index (χ0n) is 18.5. The van der Waals surface area contributed by atoms with Gasteiger partial charge in [0, 0.05) is 42.2 Å². The number of rotatable bonds is 5. The molecule has 2 aromatic carbocycles. The minimum atomic E-state index is 0.603. The first-order chi connectivity index (χ1) is 16.3. The highest BCUT2D eigenvalue weighted by molar-refractivity contribution is 5.93. The quantitative estimate of drug-likeness (QED) is 0.443. The molecule has 1 aliphatic rings. The molecule has 6 rings (SSSR count). The van der Waals surface area contributed by atoms with Crippen LogP contribution in [-0.2, 0) is 11.2 Å². The number of hydrogen-bond acceptors (Lipinski definition) is 6. The molecule has 0 bridgehead atoms. The van der Waals surface area contributed by atoms with E-state index < -0.39 is 0 Å². The number of aromatic amines is 1. The topological polar surface area (TPSA) is 84.8 Å². The van der Waals surface area contributed by atoms with Crippen molar-refractivity contribution in [2.45, 2.75) is 19.8 Å². The Morgan fingerprint density at radius 2 is 1.76 bits per heavy atom. The molecule has 0 unspecified atom stereocenters. The summed E-state index contributed by atoms with van der Waals surface area (Å²) in [5.74, 6) is 2.90. The zero-order valence-corrected chi connectivity index (χ0v) is 18.5. The largest absolute Gasteiger partial charge is 0.378 e. The number of ether oxygens (including phenoxy) is 1. The lowest BCUT2D eigenvalue weighted by Gasteiger charge is -2.27. The van der Waals surface area contributed by atoms with Crippen LogP contribution in [0.1, 0.15) is 19.2 Å². The van der Waals surface area contributed by atoms with E-state index in [1.165, 1.54) is 0 Å². The first-order valence-electron chi connectivity index (χ1n) is 11.4. The number of nitrogens with zero attached hydrogens (tertiary/aromatic N) is 6. The van der Waals surface area contributed by atoms with E-state index in [-0.39, 0.29) is 0 Å². The van der Waals surface area contributed by atoms with E-state index in [1.807, 2.05) is 30.5 Å². The minimum absolute atomic E-state index is 0.603. The number of nitrogens with one attached hydrogen (secondary N) is 1. The van der Waals surface area contributed by atoms with E-state index in [0.29, 0.717) is 30.9 Å². The molecule has 1 fully saturated rings. The molecule has 4 heterocycles. The second kappa shape index (κ2) is 8.29. The summed E-state index contributed by atoms with van der Waals surface area (Å²) in [6, 6.07) is 16.4. The van der Waals surface area contributed by atoms with Gasteiger partial charge >= 0.3 is 0 Å². The van der Waals surface area contributed by atoms with Crippen LogP contribution in [0, 0.1) is 0 Å². The Kier molecular flexibility index (Phi) is 4.99. The van der Waals surface area contributed by atoms with E-state index in [9.17, 15) is 0 Å². The Labute approximate surface area is 191 Å². The van der Waals surface area contributed by atoms with E-state index in [1.54, 1.807) is 0 Å². The van der Waals surface area contributed by atoms with Crippen molar-refractivity contribution in [1.29, 1.82) is 0 Å². The number of aryl methyl sites for hydroxylation is 1. The molecule has 3 aromatic heterocycles. The number of anilines is 1. The van der Waals surface area contributed by atoms with Crippen LogP contribution in [0.15, 0.2) is 54.7 Å². The molecule has 1 saturated heterocycles. The van der Waals surface area contributed by atoms with Gasteiger partial charge in [-0.05, 0) is 30.7 Å². The van der Waals surface area contributed by atoms with E-state index in [4.69, 9.17) is 24.7 Å². The molecule has 0 atom stereocenters. The number of hydrogen-bond donors (Lipinski definition) is 1. The van der Waals surface area contributed by atoms with Gasteiger partial charge in [-0.1, -0.05) is 31.2 Å². The average Bonchev–Trinajstić information content (AvgIpc) is 3.49. The molecule has 1 N–H and O–H groups in total. The number of H-pyrrole nitrogens is 1. The Balaban J connectivity index is 1.60. The lowest BCUT2D eigenvalue weighted by Crippen LogP contribution is -2.37. The fourth-order valence-corrected chi connectivity index (χ4v) is 4.45. The molecule has 0 saturated carbocycles. The number of morpholine rings is 1. The molecular weight excluding hydrogens is 414 g/mol. The van der Waals surface area contributed by atoms with Crippen molar-refractivity contribution in [3.8, 4) is 17.3 Å². The highest BCUT2D eigenvalue weighted by Gasteiger charge is 2.21. The van der Waals surface area contributed by atoms with Crippen LogP contribution in [0.25, 0.3) is 39.3 Å². The maximum atomic E-state index is 5.56. The number of fused-ring (bicyclic) bond motifs is 2. The van der Waals surface area contributed by atoms with E-state index >= 15 is 0 Å². The first-order valence-corrected chi connectivity index (χ1v) is 11.4. The third-order valence-corrected chi connectivity index (χ3v) is 6.05. The van der Waals surface area contributed by atoms with Gasteiger partial charge in [0.05, 0.1) is 24.2 Å². The average molecular weight is 440 g/mol. The van der Waals surface area contributed by atoms with Crippen molar-refractivity contribution in [3.63, 3.8) is 0 Å². The van der Waals surface area contributed by atoms with Crippen molar-refractivity contribution >= 4 is 27.9 Å². The fourth-order valence-electron chi connectivity index (χ4n) is 4.45. The summed E-state index contributed by atoms with van der Waals surface area (Å²) < 4.78 is 7.65. The molecule has 0 amide bonds. The molecule has 0 spiro atoms. The van der Waals surface area contributed by atoms with Crippen molar-refractivity contribution in [2.75, 3.05) is 31.2 Å². The maximum absolute atomic E-state index is 5.56. The van der Waals surface area contributed by atoms with Gasteiger partial charge in [0.1, 0.15) is 5.82 Å². The fraction of sp³-hybridized carbons (Fsp3) is 0.280. The molecular formula is C25H25N7O. The lowest BCUT2D eigenvalue weighted by atomic mass is 10.1. The Bertz CT molecular complexity index is 1430. The summed E-state index contributed by atoms with van der Waals surface area (Å²) in [5, 5.41) is 1.09. The summed E-state index contributed by atoms with van der Waals surface area (Å²) in [7, 11) is 0. The standard InChI is InChI=1S/C25H25N7O/c1-2-6-22-27-20-8-3-4-10-21(20)32(22)25-29-23(18-7-5-9-19-17(18)11-12-26-19)28-24(30-25)31-13-15-33-16-14-31/h3-5,7-12,26H,2,6,13-16H2,1H3.